The maximum Gasteiger partial charge on any atom is 0.162 e. The lowest BCUT2D eigenvalue weighted by Crippen LogP contribution is -2.27. The number of rotatable bonds is 11. The third-order valence-electron chi connectivity index (χ3n) is 6.82. The zero-order chi connectivity index (χ0) is 20.8. The summed E-state index contributed by atoms with van der Waals surface area (Å²) < 4.78 is 0. The first-order valence-corrected chi connectivity index (χ1v) is 11.9. The van der Waals surface area contributed by atoms with Crippen molar-refractivity contribution >= 4 is 11.5 Å². The van der Waals surface area contributed by atoms with Gasteiger partial charge in [0.25, 0.3) is 0 Å². The third-order valence-corrected chi connectivity index (χ3v) is 6.82. The van der Waals surface area contributed by atoms with Crippen LogP contribution in [0.2, 0.25) is 0 Å². The van der Waals surface area contributed by atoms with Gasteiger partial charge in [-0.15, -0.1) is 0 Å². The Bertz CT molecular complexity index is 845. The molecule has 2 aromatic carbocycles. The van der Waals surface area contributed by atoms with E-state index in [0.717, 1.165) is 63.8 Å². The smallest absolute Gasteiger partial charge is 0.162 e. The molecule has 0 aliphatic carbocycles. The Hall–Kier alpha value is -2.13. The van der Waals surface area contributed by atoms with E-state index in [9.17, 15) is 4.79 Å². The topological polar surface area (TPSA) is 23.6 Å². The number of carbonyl (C=O) groups is 1. The maximum absolute atomic E-state index is 12.8. The van der Waals surface area contributed by atoms with Crippen molar-refractivity contribution in [3.05, 3.63) is 64.7 Å². The van der Waals surface area contributed by atoms with Crippen LogP contribution in [0, 0.1) is 0 Å². The van der Waals surface area contributed by atoms with Crippen LogP contribution in [0.5, 0.6) is 0 Å². The number of Topliss-reactive ketones (excluding diaryl/α,β-unsaturated/α-hetero) is 1. The highest BCUT2D eigenvalue weighted by atomic mass is 16.1. The summed E-state index contributed by atoms with van der Waals surface area (Å²) in [6, 6.07) is 15.1. The molecule has 0 radical (unpaired) electrons. The van der Waals surface area contributed by atoms with Gasteiger partial charge in [-0.05, 0) is 80.4 Å². The molecule has 2 aliphatic heterocycles. The van der Waals surface area contributed by atoms with Gasteiger partial charge < -0.3 is 9.80 Å². The number of benzene rings is 2. The maximum atomic E-state index is 12.8. The van der Waals surface area contributed by atoms with Gasteiger partial charge in [0.2, 0.25) is 0 Å². The van der Waals surface area contributed by atoms with E-state index in [4.69, 9.17) is 0 Å². The average molecular weight is 405 g/mol. The van der Waals surface area contributed by atoms with E-state index in [1.165, 1.54) is 41.8 Å². The standard InChI is InChI=1S/C27H36N2O/c1-2-28(18-14-22-10-5-3-6-11-22)16-8-4-7-13-26(30)25-20-23-12-9-17-29-19-15-24(21-25)27(23)29/h3,5-6,10-11,20-21H,2,4,7-9,12-19H2,1H3. The van der Waals surface area contributed by atoms with E-state index in [0.29, 0.717) is 12.2 Å². The largest absolute Gasteiger partial charge is 0.371 e. The number of likely N-dealkylation sites (N-methyl/N-ethyl adjacent to an activating group) is 1. The predicted molar refractivity (Wildman–Crippen MR) is 126 cm³/mol. The Labute approximate surface area is 182 Å². The summed E-state index contributed by atoms with van der Waals surface area (Å²) in [5.74, 6) is 0.342. The van der Waals surface area contributed by atoms with Crippen LogP contribution in [0.4, 0.5) is 5.69 Å². The van der Waals surface area contributed by atoms with E-state index in [2.05, 4.69) is 59.2 Å². The molecule has 0 bridgehead atoms. The molecule has 0 saturated heterocycles. The molecule has 2 heterocycles. The van der Waals surface area contributed by atoms with Crippen LogP contribution in [0.1, 0.15) is 66.1 Å². The molecular formula is C27H36N2O. The van der Waals surface area contributed by atoms with Gasteiger partial charge in [-0.1, -0.05) is 43.7 Å². The molecule has 4 rings (SSSR count). The van der Waals surface area contributed by atoms with Crippen molar-refractivity contribution in [3.8, 4) is 0 Å². The molecule has 2 aliphatic rings. The molecule has 0 unspecified atom stereocenters. The Morgan fingerprint density at radius 3 is 2.57 bits per heavy atom. The lowest BCUT2D eigenvalue weighted by Gasteiger charge is -2.27. The summed E-state index contributed by atoms with van der Waals surface area (Å²) in [7, 11) is 0. The monoisotopic (exact) mass is 404 g/mol. The first kappa shape index (κ1) is 21.1. The van der Waals surface area contributed by atoms with Gasteiger partial charge in [-0.25, -0.2) is 0 Å². The number of hydrogen-bond donors (Lipinski definition) is 0. The summed E-state index contributed by atoms with van der Waals surface area (Å²) in [6.45, 7) is 7.92. The Morgan fingerprint density at radius 1 is 0.967 bits per heavy atom. The lowest BCUT2D eigenvalue weighted by atomic mass is 9.94. The van der Waals surface area contributed by atoms with E-state index in [1.54, 1.807) is 0 Å². The molecule has 0 amide bonds. The second-order valence-electron chi connectivity index (χ2n) is 8.89. The Kier molecular flexibility index (Phi) is 7.22. The molecule has 0 N–H and O–H groups in total. The number of anilines is 1. The second kappa shape index (κ2) is 10.3. The van der Waals surface area contributed by atoms with Crippen LogP contribution < -0.4 is 4.90 Å². The minimum atomic E-state index is 0.342. The van der Waals surface area contributed by atoms with Crippen LogP contribution in [-0.4, -0.2) is 43.4 Å². The molecule has 0 aromatic heterocycles. The highest BCUT2D eigenvalue weighted by Gasteiger charge is 2.26. The minimum absolute atomic E-state index is 0.342. The lowest BCUT2D eigenvalue weighted by molar-refractivity contribution is 0.0978. The van der Waals surface area contributed by atoms with Crippen molar-refractivity contribution in [3.63, 3.8) is 0 Å². The van der Waals surface area contributed by atoms with Gasteiger partial charge >= 0.3 is 0 Å². The fourth-order valence-corrected chi connectivity index (χ4v) is 5.06. The average Bonchev–Trinajstić information content (AvgIpc) is 3.20. The number of unbranched alkanes of at least 4 members (excludes halogenated alkanes) is 2. The summed E-state index contributed by atoms with van der Waals surface area (Å²) in [4.78, 5) is 17.8. The molecule has 3 nitrogen and oxygen atoms in total. The van der Waals surface area contributed by atoms with Crippen molar-refractivity contribution in [2.24, 2.45) is 0 Å². The summed E-state index contributed by atoms with van der Waals surface area (Å²) >= 11 is 0. The predicted octanol–water partition coefficient (Wildman–Crippen LogP) is 5.30. The number of ketones is 1. The van der Waals surface area contributed by atoms with E-state index >= 15 is 0 Å². The fraction of sp³-hybridized carbons (Fsp3) is 0.519. The Balaban J connectivity index is 1.19. The number of hydrogen-bond acceptors (Lipinski definition) is 3. The van der Waals surface area contributed by atoms with Crippen LogP contribution in [0.3, 0.4) is 0 Å². The van der Waals surface area contributed by atoms with Crippen molar-refractivity contribution < 1.29 is 4.79 Å². The van der Waals surface area contributed by atoms with Gasteiger partial charge in [0.1, 0.15) is 0 Å². The summed E-state index contributed by atoms with van der Waals surface area (Å²) in [5, 5.41) is 0. The minimum Gasteiger partial charge on any atom is -0.371 e. The molecular weight excluding hydrogens is 368 g/mol. The number of nitrogens with zero attached hydrogens (tertiary/aromatic N) is 2. The van der Waals surface area contributed by atoms with Crippen LogP contribution in [0.15, 0.2) is 42.5 Å². The van der Waals surface area contributed by atoms with Crippen molar-refractivity contribution in [2.45, 2.75) is 58.3 Å². The highest BCUT2D eigenvalue weighted by Crippen LogP contribution is 2.37. The third kappa shape index (κ3) is 5.13. The van der Waals surface area contributed by atoms with Gasteiger partial charge in [-0.3, -0.25) is 4.79 Å². The van der Waals surface area contributed by atoms with Crippen LogP contribution in [0.25, 0.3) is 0 Å². The zero-order valence-electron chi connectivity index (χ0n) is 18.5. The normalized spacial score (nSPS) is 14.9. The zero-order valence-corrected chi connectivity index (χ0v) is 18.5. The molecule has 0 fully saturated rings. The number of aryl methyl sites for hydroxylation is 1. The van der Waals surface area contributed by atoms with Gasteiger partial charge in [0, 0.05) is 37.3 Å². The van der Waals surface area contributed by atoms with Crippen molar-refractivity contribution in [2.75, 3.05) is 37.6 Å². The van der Waals surface area contributed by atoms with E-state index < -0.39 is 0 Å². The van der Waals surface area contributed by atoms with E-state index in [1.807, 2.05) is 0 Å². The number of carbonyl (C=O) groups excluding carboxylic acids is 1. The molecule has 0 spiro atoms. The Morgan fingerprint density at radius 2 is 1.77 bits per heavy atom. The second-order valence-corrected chi connectivity index (χ2v) is 8.89. The molecule has 0 saturated carbocycles. The molecule has 2 aromatic rings. The SMILES string of the molecule is CCN(CCCCCC(=O)c1cc2c3c(c1)CCN3CCC2)CCc1ccccc1. The fourth-order valence-electron chi connectivity index (χ4n) is 5.06. The highest BCUT2D eigenvalue weighted by molar-refractivity contribution is 5.97. The first-order chi connectivity index (χ1) is 14.7. The van der Waals surface area contributed by atoms with E-state index in [-0.39, 0.29) is 0 Å². The first-order valence-electron chi connectivity index (χ1n) is 11.9. The van der Waals surface area contributed by atoms with Gasteiger partial charge in [0.05, 0.1) is 0 Å². The van der Waals surface area contributed by atoms with Crippen molar-refractivity contribution in [1.82, 2.24) is 4.90 Å². The molecule has 3 heteroatoms. The van der Waals surface area contributed by atoms with Crippen molar-refractivity contribution in [1.29, 1.82) is 0 Å². The van der Waals surface area contributed by atoms with Crippen LogP contribution >= 0.6 is 0 Å². The molecule has 160 valence electrons. The van der Waals surface area contributed by atoms with Gasteiger partial charge in [-0.2, -0.15) is 0 Å². The molecule has 0 atom stereocenters. The summed E-state index contributed by atoms with van der Waals surface area (Å²) in [6.07, 6.45) is 8.60. The quantitative estimate of drug-likeness (QED) is 0.375. The van der Waals surface area contributed by atoms with Gasteiger partial charge in [0.15, 0.2) is 5.78 Å². The van der Waals surface area contributed by atoms with Crippen LogP contribution in [-0.2, 0) is 19.3 Å². The summed E-state index contributed by atoms with van der Waals surface area (Å²) in [5.41, 5.74) is 6.65. The molecule has 30 heavy (non-hydrogen) atoms.